The lowest BCUT2D eigenvalue weighted by Crippen LogP contribution is -2.30. The van der Waals surface area contributed by atoms with Gasteiger partial charge in [-0.15, -0.1) is 0 Å². The lowest BCUT2D eigenvalue weighted by Gasteiger charge is -2.23. The summed E-state index contributed by atoms with van der Waals surface area (Å²) in [7, 11) is 0. The summed E-state index contributed by atoms with van der Waals surface area (Å²) in [6.45, 7) is 10.3. The first-order chi connectivity index (χ1) is 11.7. The Bertz CT molecular complexity index is 773. The Morgan fingerprint density at radius 2 is 1.28 bits per heavy atom. The molecule has 2 aromatic rings. The van der Waals surface area contributed by atoms with Crippen molar-refractivity contribution in [3.63, 3.8) is 0 Å². The van der Waals surface area contributed by atoms with E-state index in [1.54, 1.807) is 0 Å². The third-order valence-electron chi connectivity index (χ3n) is 4.02. The van der Waals surface area contributed by atoms with E-state index < -0.39 is 11.8 Å². The molecule has 2 aromatic carbocycles. The van der Waals surface area contributed by atoms with Crippen LogP contribution in [-0.4, -0.2) is 11.8 Å². The van der Waals surface area contributed by atoms with Crippen molar-refractivity contribution in [1.82, 2.24) is 0 Å². The molecule has 2 N–H and O–H groups in total. The molecule has 0 fully saturated rings. The minimum Gasteiger partial charge on any atom is -0.318 e. The van der Waals surface area contributed by atoms with E-state index in [9.17, 15) is 9.59 Å². The molecule has 0 spiro atoms. The first kappa shape index (κ1) is 18.7. The Labute approximate surface area is 149 Å². The molecular formula is C21H26N2O2. The molecule has 4 heteroatoms. The number of para-hydroxylation sites is 2. The number of carbonyl (C=O) groups is 2. The fourth-order valence-corrected chi connectivity index (χ4v) is 2.72. The summed E-state index contributed by atoms with van der Waals surface area (Å²) in [5.74, 6) is -1.09. The van der Waals surface area contributed by atoms with Crippen LogP contribution in [0.2, 0.25) is 0 Å². The zero-order valence-electron chi connectivity index (χ0n) is 15.5. The van der Waals surface area contributed by atoms with E-state index in [2.05, 4.69) is 31.4 Å². The van der Waals surface area contributed by atoms with E-state index in [1.807, 2.05) is 62.4 Å². The highest BCUT2D eigenvalue weighted by molar-refractivity contribution is 6.43. The lowest BCUT2D eigenvalue weighted by atomic mass is 9.86. The molecule has 4 nitrogen and oxygen atoms in total. The van der Waals surface area contributed by atoms with Crippen molar-refractivity contribution < 1.29 is 9.59 Å². The van der Waals surface area contributed by atoms with Gasteiger partial charge in [-0.2, -0.15) is 0 Å². The molecule has 0 heterocycles. The molecule has 0 radical (unpaired) electrons. The van der Waals surface area contributed by atoms with Gasteiger partial charge in [0, 0.05) is 11.4 Å². The summed E-state index contributed by atoms with van der Waals surface area (Å²) in [6.07, 6.45) is 0. The van der Waals surface area contributed by atoms with Crippen LogP contribution in [0.25, 0.3) is 0 Å². The Hall–Kier alpha value is -2.62. The number of rotatable bonds is 3. The fourth-order valence-electron chi connectivity index (χ4n) is 2.72. The monoisotopic (exact) mass is 338 g/mol. The van der Waals surface area contributed by atoms with Crippen LogP contribution >= 0.6 is 0 Å². The van der Waals surface area contributed by atoms with E-state index in [0.29, 0.717) is 11.4 Å². The zero-order chi connectivity index (χ0) is 18.6. The van der Waals surface area contributed by atoms with Crippen molar-refractivity contribution in [2.24, 2.45) is 0 Å². The Morgan fingerprint density at radius 1 is 0.800 bits per heavy atom. The Morgan fingerprint density at radius 3 is 1.84 bits per heavy atom. The minimum absolute atomic E-state index is 0.134. The van der Waals surface area contributed by atoms with Crippen molar-refractivity contribution >= 4 is 23.2 Å². The van der Waals surface area contributed by atoms with Gasteiger partial charge in [0.2, 0.25) is 0 Å². The second-order valence-corrected chi connectivity index (χ2v) is 7.45. The molecule has 25 heavy (non-hydrogen) atoms. The van der Waals surface area contributed by atoms with Crippen LogP contribution in [0, 0.1) is 0 Å². The van der Waals surface area contributed by atoms with Gasteiger partial charge >= 0.3 is 11.8 Å². The number of benzene rings is 2. The van der Waals surface area contributed by atoms with Crippen molar-refractivity contribution in [2.75, 3.05) is 10.6 Å². The highest BCUT2D eigenvalue weighted by atomic mass is 16.2. The van der Waals surface area contributed by atoms with E-state index in [4.69, 9.17) is 0 Å². The molecule has 132 valence electrons. The predicted octanol–water partition coefficient (Wildman–Crippen LogP) is 4.68. The Kier molecular flexibility index (Phi) is 5.62. The highest BCUT2D eigenvalue weighted by Crippen LogP contribution is 2.29. The third kappa shape index (κ3) is 4.69. The molecule has 0 saturated heterocycles. The van der Waals surface area contributed by atoms with Gasteiger partial charge in [-0.3, -0.25) is 9.59 Å². The quantitative estimate of drug-likeness (QED) is 0.798. The summed E-state index contributed by atoms with van der Waals surface area (Å²) in [6, 6.07) is 15.1. The molecule has 0 saturated carbocycles. The maximum Gasteiger partial charge on any atom is 0.314 e. The molecule has 0 atom stereocenters. The first-order valence-corrected chi connectivity index (χ1v) is 8.51. The van der Waals surface area contributed by atoms with E-state index >= 15 is 0 Å². The van der Waals surface area contributed by atoms with Crippen LogP contribution in [0.4, 0.5) is 11.4 Å². The molecule has 2 amide bonds. The number of carbonyl (C=O) groups excluding carboxylic acids is 2. The summed E-state index contributed by atoms with van der Waals surface area (Å²) in [5, 5.41) is 5.45. The maximum atomic E-state index is 12.4. The standard InChI is InChI=1S/C21H26N2O2/c1-14(2)15-10-6-8-12-17(15)22-19(24)20(25)23-18-13-9-7-11-16(18)21(3,4)5/h6-14H,1-5H3,(H,22,24)(H,23,25). The van der Waals surface area contributed by atoms with Gasteiger partial charge in [-0.1, -0.05) is 71.0 Å². The third-order valence-corrected chi connectivity index (χ3v) is 4.02. The highest BCUT2D eigenvalue weighted by Gasteiger charge is 2.21. The molecule has 0 aromatic heterocycles. The van der Waals surface area contributed by atoms with Crippen molar-refractivity contribution in [3.05, 3.63) is 59.7 Å². The predicted molar refractivity (Wildman–Crippen MR) is 103 cm³/mol. The van der Waals surface area contributed by atoms with Crippen LogP contribution in [0.3, 0.4) is 0 Å². The van der Waals surface area contributed by atoms with E-state index in [0.717, 1.165) is 11.1 Å². The van der Waals surface area contributed by atoms with Crippen molar-refractivity contribution in [1.29, 1.82) is 0 Å². The largest absolute Gasteiger partial charge is 0.318 e. The normalized spacial score (nSPS) is 11.3. The average Bonchev–Trinajstić information content (AvgIpc) is 2.54. The molecule has 0 aliphatic rings. The van der Waals surface area contributed by atoms with Crippen molar-refractivity contribution in [2.45, 2.75) is 46.0 Å². The smallest absolute Gasteiger partial charge is 0.314 e. The molecular weight excluding hydrogens is 312 g/mol. The lowest BCUT2D eigenvalue weighted by molar-refractivity contribution is -0.133. The van der Waals surface area contributed by atoms with Crippen LogP contribution in [0.5, 0.6) is 0 Å². The minimum atomic E-state index is -0.671. The van der Waals surface area contributed by atoms with Crippen LogP contribution in [0.1, 0.15) is 51.7 Å². The van der Waals surface area contributed by atoms with Gasteiger partial charge in [0.1, 0.15) is 0 Å². The van der Waals surface area contributed by atoms with Gasteiger partial charge in [0.15, 0.2) is 0 Å². The van der Waals surface area contributed by atoms with Gasteiger partial charge in [0.25, 0.3) is 0 Å². The second kappa shape index (κ2) is 7.51. The van der Waals surface area contributed by atoms with Crippen LogP contribution in [0.15, 0.2) is 48.5 Å². The zero-order valence-corrected chi connectivity index (χ0v) is 15.5. The first-order valence-electron chi connectivity index (χ1n) is 8.51. The van der Waals surface area contributed by atoms with Crippen molar-refractivity contribution in [3.8, 4) is 0 Å². The van der Waals surface area contributed by atoms with Gasteiger partial charge in [0.05, 0.1) is 0 Å². The van der Waals surface area contributed by atoms with Gasteiger partial charge in [-0.05, 0) is 34.6 Å². The number of anilines is 2. The number of hydrogen-bond acceptors (Lipinski definition) is 2. The summed E-state index contributed by atoms with van der Waals surface area (Å²) < 4.78 is 0. The topological polar surface area (TPSA) is 58.2 Å². The van der Waals surface area contributed by atoms with E-state index in [-0.39, 0.29) is 11.3 Å². The number of nitrogens with one attached hydrogen (secondary N) is 2. The molecule has 2 rings (SSSR count). The Balaban J connectivity index is 2.17. The number of hydrogen-bond donors (Lipinski definition) is 2. The molecule has 0 unspecified atom stereocenters. The maximum absolute atomic E-state index is 12.4. The van der Waals surface area contributed by atoms with Gasteiger partial charge < -0.3 is 10.6 Å². The summed E-state index contributed by atoms with van der Waals surface area (Å²) in [4.78, 5) is 24.7. The molecule has 0 aliphatic carbocycles. The summed E-state index contributed by atoms with van der Waals surface area (Å²) in [5.41, 5.74) is 3.18. The average molecular weight is 338 g/mol. The van der Waals surface area contributed by atoms with Crippen LogP contribution < -0.4 is 10.6 Å². The summed E-state index contributed by atoms with van der Waals surface area (Å²) >= 11 is 0. The number of amides is 2. The SMILES string of the molecule is CC(C)c1ccccc1NC(=O)C(=O)Nc1ccccc1C(C)(C)C. The van der Waals surface area contributed by atoms with Crippen LogP contribution in [-0.2, 0) is 15.0 Å². The second-order valence-electron chi connectivity index (χ2n) is 7.45. The molecule has 0 bridgehead atoms. The molecule has 0 aliphatic heterocycles. The van der Waals surface area contributed by atoms with Gasteiger partial charge in [-0.25, -0.2) is 0 Å². The fraction of sp³-hybridized carbons (Fsp3) is 0.333. The van der Waals surface area contributed by atoms with E-state index in [1.165, 1.54) is 0 Å².